The summed E-state index contributed by atoms with van der Waals surface area (Å²) in [6.07, 6.45) is 4.87. The first-order valence-electron chi connectivity index (χ1n) is 7.09. The molecule has 2 heteroatoms. The maximum atomic E-state index is 8.99. The molecule has 2 nitrogen and oxygen atoms in total. The highest BCUT2D eigenvalue weighted by Gasteiger charge is 2.44. The Kier molecular flexibility index (Phi) is 4.65. The van der Waals surface area contributed by atoms with E-state index in [1.54, 1.807) is 0 Å². The molecule has 1 aliphatic carbocycles. The third kappa shape index (κ3) is 2.85. The topological polar surface area (TPSA) is 29.5 Å². The van der Waals surface area contributed by atoms with Crippen molar-refractivity contribution < 1.29 is 10.1 Å². The van der Waals surface area contributed by atoms with Crippen LogP contribution in [-0.4, -0.2) is 10.9 Å². The molecular weight excluding hydrogens is 212 g/mol. The van der Waals surface area contributed by atoms with E-state index in [1.165, 1.54) is 25.7 Å². The van der Waals surface area contributed by atoms with Gasteiger partial charge in [0, 0.05) is 0 Å². The minimum absolute atomic E-state index is 0.389. The zero-order valence-corrected chi connectivity index (χ0v) is 12.4. The summed E-state index contributed by atoms with van der Waals surface area (Å²) in [6.45, 7) is 13.4. The normalized spacial score (nSPS) is 22.4. The molecule has 0 radical (unpaired) electrons. The number of hydrogen-bond acceptors (Lipinski definition) is 2. The fraction of sp³-hybridized carbons (Fsp3) is 1.00. The maximum absolute atomic E-state index is 8.99. The van der Waals surface area contributed by atoms with Crippen LogP contribution in [-0.2, 0) is 4.89 Å². The van der Waals surface area contributed by atoms with Gasteiger partial charge < -0.3 is 0 Å². The molecule has 0 aliphatic heterocycles. The minimum atomic E-state index is -0.389. The van der Waals surface area contributed by atoms with E-state index < -0.39 is 0 Å². The Balaban J connectivity index is 2.72. The van der Waals surface area contributed by atoms with Crippen molar-refractivity contribution in [3.8, 4) is 0 Å². The molecule has 1 saturated carbocycles. The van der Waals surface area contributed by atoms with E-state index in [0.29, 0.717) is 11.3 Å². The molecule has 0 saturated heterocycles. The fourth-order valence-corrected chi connectivity index (χ4v) is 3.75. The summed E-state index contributed by atoms with van der Waals surface area (Å²) < 4.78 is 0. The molecule has 1 rings (SSSR count). The van der Waals surface area contributed by atoms with Gasteiger partial charge in [0.25, 0.3) is 0 Å². The van der Waals surface area contributed by atoms with E-state index >= 15 is 0 Å². The smallest absolute Gasteiger partial charge is 0.100 e. The molecule has 0 spiro atoms. The second-order valence-electron chi connectivity index (χ2n) is 7.01. The standard InChI is InChI=1S/C15H30O2/c1-11(2)15(12(3)4)9-7-13(8-10-15)14(5,6)17-16/h11-13,16H,7-10H2,1-6H3. The second-order valence-corrected chi connectivity index (χ2v) is 7.01. The molecule has 1 aliphatic rings. The first-order valence-corrected chi connectivity index (χ1v) is 7.09. The third-order valence-corrected chi connectivity index (χ3v) is 5.43. The SMILES string of the molecule is CC(C)C1(C(C)C)CCC(C(C)(C)OO)CC1. The van der Waals surface area contributed by atoms with E-state index in [0.717, 1.165) is 11.8 Å². The second kappa shape index (κ2) is 5.27. The van der Waals surface area contributed by atoms with Crippen molar-refractivity contribution in [2.75, 3.05) is 0 Å². The van der Waals surface area contributed by atoms with Crippen LogP contribution in [0.25, 0.3) is 0 Å². The van der Waals surface area contributed by atoms with Crippen LogP contribution in [0.5, 0.6) is 0 Å². The van der Waals surface area contributed by atoms with Crippen molar-refractivity contribution in [2.45, 2.75) is 72.8 Å². The molecule has 0 heterocycles. The Morgan fingerprint density at radius 3 is 1.76 bits per heavy atom. The monoisotopic (exact) mass is 242 g/mol. The molecule has 0 bridgehead atoms. The predicted molar refractivity (Wildman–Crippen MR) is 71.9 cm³/mol. The summed E-state index contributed by atoms with van der Waals surface area (Å²) in [4.78, 5) is 4.67. The van der Waals surface area contributed by atoms with Gasteiger partial charge in [0.15, 0.2) is 0 Å². The van der Waals surface area contributed by atoms with Crippen molar-refractivity contribution in [1.29, 1.82) is 0 Å². The van der Waals surface area contributed by atoms with E-state index in [2.05, 4.69) is 32.6 Å². The van der Waals surface area contributed by atoms with E-state index in [4.69, 9.17) is 5.26 Å². The molecular formula is C15H30O2. The molecule has 0 unspecified atom stereocenters. The van der Waals surface area contributed by atoms with Crippen LogP contribution in [0.4, 0.5) is 0 Å². The summed E-state index contributed by atoms with van der Waals surface area (Å²) in [5, 5.41) is 8.99. The van der Waals surface area contributed by atoms with Gasteiger partial charge in [-0.2, -0.15) is 0 Å². The molecule has 1 fully saturated rings. The van der Waals surface area contributed by atoms with Crippen LogP contribution in [0.2, 0.25) is 0 Å². The highest BCUT2D eigenvalue weighted by molar-refractivity contribution is 4.93. The summed E-state index contributed by atoms with van der Waals surface area (Å²) in [5.74, 6) is 1.96. The quantitative estimate of drug-likeness (QED) is 0.570. The molecule has 0 aromatic rings. The number of rotatable bonds is 4. The van der Waals surface area contributed by atoms with Crippen molar-refractivity contribution in [3.05, 3.63) is 0 Å². The predicted octanol–water partition coefficient (Wildman–Crippen LogP) is 4.74. The van der Waals surface area contributed by atoms with Crippen LogP contribution in [0, 0.1) is 23.2 Å². The average molecular weight is 242 g/mol. The Morgan fingerprint density at radius 2 is 1.47 bits per heavy atom. The zero-order chi connectivity index (χ0) is 13.3. The van der Waals surface area contributed by atoms with Crippen LogP contribution in [0.1, 0.15) is 67.2 Å². The van der Waals surface area contributed by atoms with Gasteiger partial charge >= 0.3 is 0 Å². The highest BCUT2D eigenvalue weighted by Crippen LogP contribution is 2.51. The summed E-state index contributed by atoms with van der Waals surface area (Å²) >= 11 is 0. The van der Waals surface area contributed by atoms with Gasteiger partial charge in [0.2, 0.25) is 0 Å². The van der Waals surface area contributed by atoms with Gasteiger partial charge in [-0.25, -0.2) is 4.89 Å². The molecule has 0 aromatic heterocycles. The Hall–Kier alpha value is -0.0800. The van der Waals surface area contributed by atoms with E-state index in [-0.39, 0.29) is 5.60 Å². The van der Waals surface area contributed by atoms with Gasteiger partial charge in [-0.1, -0.05) is 27.7 Å². The maximum Gasteiger partial charge on any atom is 0.100 e. The molecule has 1 N–H and O–H groups in total. The Bertz CT molecular complexity index is 225. The van der Waals surface area contributed by atoms with Gasteiger partial charge in [0.1, 0.15) is 5.60 Å². The molecule has 17 heavy (non-hydrogen) atoms. The lowest BCUT2D eigenvalue weighted by molar-refractivity contribution is -0.330. The Labute approximate surface area is 107 Å². The summed E-state index contributed by atoms with van der Waals surface area (Å²) in [5.41, 5.74) is 0.0994. The lowest BCUT2D eigenvalue weighted by Gasteiger charge is -2.49. The van der Waals surface area contributed by atoms with Crippen LogP contribution in [0.3, 0.4) is 0 Å². The lowest BCUT2D eigenvalue weighted by atomic mass is 9.57. The van der Waals surface area contributed by atoms with Crippen molar-refractivity contribution in [2.24, 2.45) is 23.2 Å². The van der Waals surface area contributed by atoms with Gasteiger partial charge in [-0.15, -0.1) is 0 Å². The van der Waals surface area contributed by atoms with Gasteiger partial charge in [0.05, 0.1) is 0 Å². The molecule has 0 atom stereocenters. The van der Waals surface area contributed by atoms with Crippen molar-refractivity contribution in [1.82, 2.24) is 0 Å². The van der Waals surface area contributed by atoms with E-state index in [9.17, 15) is 0 Å². The minimum Gasteiger partial charge on any atom is -0.251 e. The summed E-state index contributed by atoms with van der Waals surface area (Å²) in [6, 6.07) is 0. The molecule has 102 valence electrons. The van der Waals surface area contributed by atoms with Gasteiger partial charge in [-0.3, -0.25) is 5.26 Å². The number of hydrogen-bond donors (Lipinski definition) is 1. The first kappa shape index (κ1) is 15.0. The van der Waals surface area contributed by atoms with Crippen molar-refractivity contribution in [3.63, 3.8) is 0 Å². The first-order chi connectivity index (χ1) is 7.76. The largest absolute Gasteiger partial charge is 0.251 e. The molecule has 0 amide bonds. The third-order valence-electron chi connectivity index (χ3n) is 5.43. The fourth-order valence-electron chi connectivity index (χ4n) is 3.75. The highest BCUT2D eigenvalue weighted by atomic mass is 17.1. The molecule has 0 aromatic carbocycles. The van der Waals surface area contributed by atoms with Gasteiger partial charge in [-0.05, 0) is 62.7 Å². The zero-order valence-electron chi connectivity index (χ0n) is 12.4. The summed E-state index contributed by atoms with van der Waals surface area (Å²) in [7, 11) is 0. The van der Waals surface area contributed by atoms with Crippen LogP contribution in [0.15, 0.2) is 0 Å². The van der Waals surface area contributed by atoms with Crippen LogP contribution < -0.4 is 0 Å². The average Bonchev–Trinajstić information content (AvgIpc) is 2.28. The Morgan fingerprint density at radius 1 is 1.06 bits per heavy atom. The lowest BCUT2D eigenvalue weighted by Crippen LogP contribution is -2.43. The van der Waals surface area contributed by atoms with E-state index in [1.807, 2.05) is 13.8 Å². The van der Waals surface area contributed by atoms with Crippen molar-refractivity contribution >= 4 is 0 Å². The van der Waals surface area contributed by atoms with Crippen LogP contribution >= 0.6 is 0 Å².